The largest absolute Gasteiger partial charge is 0.494 e. The number of carboxylic acid groups (broad SMARTS) is 1. The highest BCUT2D eigenvalue weighted by atomic mass is 16.7. The lowest BCUT2D eigenvalue weighted by atomic mass is 9.78. The number of aliphatic carboxylic acids is 1. The van der Waals surface area contributed by atoms with Crippen molar-refractivity contribution in [2.45, 2.75) is 84.3 Å². The number of carboxylic acids is 1. The molecule has 1 aliphatic rings. The van der Waals surface area contributed by atoms with E-state index in [1.54, 1.807) is 12.1 Å². The number of nitrogens with one attached hydrogen (secondary N) is 2. The van der Waals surface area contributed by atoms with Gasteiger partial charge in [-0.25, -0.2) is 9.59 Å². The second-order valence-electron chi connectivity index (χ2n) is 11.3. The summed E-state index contributed by atoms with van der Waals surface area (Å²) in [4.78, 5) is 37.5. The van der Waals surface area contributed by atoms with Crippen LogP contribution in [0.5, 0.6) is 0 Å². The Morgan fingerprint density at radius 2 is 1.46 bits per heavy atom. The van der Waals surface area contributed by atoms with E-state index in [1.165, 1.54) is 0 Å². The molecule has 0 aromatic heterocycles. The van der Waals surface area contributed by atoms with Gasteiger partial charge in [0.2, 0.25) is 5.91 Å². The Hall–Kier alpha value is -3.37. The highest BCUT2D eigenvalue weighted by molar-refractivity contribution is 6.62. The number of ether oxygens (including phenoxy) is 1. The second-order valence-corrected chi connectivity index (χ2v) is 11.3. The summed E-state index contributed by atoms with van der Waals surface area (Å²) in [6, 6.07) is 14.3. The van der Waals surface area contributed by atoms with Crippen LogP contribution in [-0.4, -0.2) is 53.5 Å². The van der Waals surface area contributed by atoms with Crippen LogP contribution in [0.1, 0.15) is 59.1 Å². The lowest BCUT2D eigenvalue weighted by Crippen LogP contribution is -2.52. The van der Waals surface area contributed by atoms with Gasteiger partial charge in [0.05, 0.1) is 11.2 Å². The minimum Gasteiger partial charge on any atom is -0.480 e. The van der Waals surface area contributed by atoms with Crippen molar-refractivity contribution in [3.05, 3.63) is 65.7 Å². The van der Waals surface area contributed by atoms with Crippen molar-refractivity contribution in [1.29, 1.82) is 0 Å². The fraction of sp³-hybridized carbons (Fsp3) is 0.483. The van der Waals surface area contributed by atoms with Crippen molar-refractivity contribution in [2.24, 2.45) is 5.92 Å². The minimum absolute atomic E-state index is 0.0579. The molecule has 0 radical (unpaired) electrons. The average Bonchev–Trinajstić information content (AvgIpc) is 3.09. The number of hydrogen-bond acceptors (Lipinski definition) is 6. The maximum Gasteiger partial charge on any atom is 0.494 e. The molecule has 10 heteroatoms. The number of carbonyl (C=O) groups excluding carboxylic acids is 2. The number of alkyl carbamates (subject to hydrolysis) is 1. The van der Waals surface area contributed by atoms with E-state index in [-0.39, 0.29) is 18.9 Å². The Morgan fingerprint density at radius 1 is 0.872 bits per heavy atom. The first-order valence-electron chi connectivity index (χ1n) is 13.2. The van der Waals surface area contributed by atoms with E-state index in [4.69, 9.17) is 14.0 Å². The predicted molar refractivity (Wildman–Crippen MR) is 148 cm³/mol. The third-order valence-corrected chi connectivity index (χ3v) is 7.09. The van der Waals surface area contributed by atoms with Gasteiger partial charge in [-0.3, -0.25) is 4.79 Å². The standard InChI is InChI=1S/C29H39BN2O7/c1-19(2)16-23(32-27(36)37-18-21-10-8-7-9-11-21)25(33)31-24(26(34)35)17-20-12-14-22(15-13-20)30-38-28(3,4)29(5,6)39-30/h7-15,19,23-24H,16-18H2,1-6H3,(H,31,33)(H,32,36)(H,34,35)/t23-,24-/m0/s1. The molecular weight excluding hydrogens is 499 g/mol. The molecule has 2 atom stereocenters. The molecule has 0 saturated carbocycles. The van der Waals surface area contributed by atoms with Crippen LogP contribution >= 0.6 is 0 Å². The molecule has 210 valence electrons. The van der Waals surface area contributed by atoms with E-state index in [0.717, 1.165) is 16.6 Å². The summed E-state index contributed by atoms with van der Waals surface area (Å²) in [5, 5.41) is 15.0. The maximum absolute atomic E-state index is 13.1. The molecule has 1 fully saturated rings. The summed E-state index contributed by atoms with van der Waals surface area (Å²) < 4.78 is 17.4. The van der Waals surface area contributed by atoms with Crippen LogP contribution < -0.4 is 16.1 Å². The third-order valence-electron chi connectivity index (χ3n) is 7.09. The van der Waals surface area contributed by atoms with Crippen LogP contribution in [0.2, 0.25) is 0 Å². The van der Waals surface area contributed by atoms with Crippen LogP contribution in [0, 0.1) is 5.92 Å². The van der Waals surface area contributed by atoms with E-state index in [1.807, 2.05) is 84.0 Å². The molecule has 0 spiro atoms. The van der Waals surface area contributed by atoms with E-state index in [2.05, 4.69) is 10.6 Å². The number of amides is 2. The molecule has 0 bridgehead atoms. The summed E-state index contributed by atoms with van der Waals surface area (Å²) in [6.07, 6.45) is -0.358. The molecule has 2 aromatic carbocycles. The molecule has 1 saturated heterocycles. The van der Waals surface area contributed by atoms with Gasteiger partial charge in [-0.2, -0.15) is 0 Å². The Kier molecular flexibility index (Phi) is 9.80. The highest BCUT2D eigenvalue weighted by Crippen LogP contribution is 2.36. The predicted octanol–water partition coefficient (Wildman–Crippen LogP) is 3.44. The third kappa shape index (κ3) is 8.31. The zero-order chi connectivity index (χ0) is 28.8. The molecule has 0 aliphatic carbocycles. The van der Waals surface area contributed by atoms with E-state index in [0.29, 0.717) is 6.42 Å². The summed E-state index contributed by atoms with van der Waals surface area (Å²) in [6.45, 7) is 11.8. The molecule has 2 aromatic rings. The van der Waals surface area contributed by atoms with E-state index < -0.39 is 48.4 Å². The monoisotopic (exact) mass is 538 g/mol. The van der Waals surface area contributed by atoms with E-state index >= 15 is 0 Å². The summed E-state index contributed by atoms with van der Waals surface area (Å²) in [5.41, 5.74) is 1.42. The van der Waals surface area contributed by atoms with Crippen molar-refractivity contribution in [3.63, 3.8) is 0 Å². The van der Waals surface area contributed by atoms with Gasteiger partial charge < -0.3 is 29.8 Å². The van der Waals surface area contributed by atoms with Crippen LogP contribution in [0.3, 0.4) is 0 Å². The molecular formula is C29H39BN2O7. The lowest BCUT2D eigenvalue weighted by molar-refractivity contribution is -0.142. The van der Waals surface area contributed by atoms with Crippen molar-refractivity contribution in [1.82, 2.24) is 10.6 Å². The lowest BCUT2D eigenvalue weighted by Gasteiger charge is -2.32. The van der Waals surface area contributed by atoms with Crippen LogP contribution in [0.15, 0.2) is 54.6 Å². The Morgan fingerprint density at radius 3 is 2.00 bits per heavy atom. The fourth-order valence-electron chi connectivity index (χ4n) is 4.11. The van der Waals surface area contributed by atoms with Gasteiger partial charge in [0, 0.05) is 6.42 Å². The summed E-state index contributed by atoms with van der Waals surface area (Å²) in [7, 11) is -0.525. The highest BCUT2D eigenvalue weighted by Gasteiger charge is 2.51. The fourth-order valence-corrected chi connectivity index (χ4v) is 4.11. The van der Waals surface area contributed by atoms with Gasteiger partial charge in [-0.15, -0.1) is 0 Å². The van der Waals surface area contributed by atoms with Gasteiger partial charge in [0.15, 0.2) is 0 Å². The van der Waals surface area contributed by atoms with Crippen LogP contribution in [0.4, 0.5) is 4.79 Å². The Balaban J connectivity index is 1.61. The quantitative estimate of drug-likeness (QED) is 0.375. The zero-order valence-corrected chi connectivity index (χ0v) is 23.5. The van der Waals surface area contributed by atoms with E-state index in [9.17, 15) is 19.5 Å². The first-order chi connectivity index (χ1) is 18.3. The van der Waals surface area contributed by atoms with Gasteiger partial charge >= 0.3 is 19.2 Å². The zero-order valence-electron chi connectivity index (χ0n) is 23.5. The van der Waals surface area contributed by atoms with Crippen molar-refractivity contribution in [2.75, 3.05) is 0 Å². The molecule has 39 heavy (non-hydrogen) atoms. The molecule has 3 rings (SSSR count). The number of hydrogen-bond donors (Lipinski definition) is 3. The van der Waals surface area contributed by atoms with Gasteiger partial charge in [-0.05, 0) is 56.6 Å². The Labute approximate surface area is 230 Å². The molecule has 1 heterocycles. The normalized spacial score (nSPS) is 17.4. The smallest absolute Gasteiger partial charge is 0.480 e. The summed E-state index contributed by atoms with van der Waals surface area (Å²) >= 11 is 0. The molecule has 3 N–H and O–H groups in total. The average molecular weight is 538 g/mol. The van der Waals surface area contributed by atoms with Gasteiger partial charge in [-0.1, -0.05) is 68.4 Å². The van der Waals surface area contributed by atoms with Crippen molar-refractivity contribution < 1.29 is 33.5 Å². The van der Waals surface area contributed by atoms with Crippen LogP contribution in [0.25, 0.3) is 0 Å². The topological polar surface area (TPSA) is 123 Å². The summed E-state index contributed by atoms with van der Waals surface area (Å²) in [5.74, 6) is -1.68. The number of carbonyl (C=O) groups is 3. The number of rotatable bonds is 11. The molecule has 1 aliphatic heterocycles. The number of benzene rings is 2. The van der Waals surface area contributed by atoms with Crippen molar-refractivity contribution >= 4 is 30.6 Å². The SMILES string of the molecule is CC(C)C[C@H](NC(=O)OCc1ccccc1)C(=O)N[C@@H](Cc1ccc(B2OC(C)(C)C(C)(C)O2)cc1)C(=O)O. The Bertz CT molecular complexity index is 1120. The maximum atomic E-state index is 13.1. The molecule has 2 amide bonds. The van der Waals surface area contributed by atoms with Gasteiger partial charge in [0.1, 0.15) is 18.7 Å². The van der Waals surface area contributed by atoms with Crippen LogP contribution in [-0.2, 0) is 36.7 Å². The minimum atomic E-state index is -1.18. The van der Waals surface area contributed by atoms with Crippen molar-refractivity contribution in [3.8, 4) is 0 Å². The van der Waals surface area contributed by atoms with Gasteiger partial charge in [0.25, 0.3) is 0 Å². The molecule has 0 unspecified atom stereocenters. The first-order valence-corrected chi connectivity index (χ1v) is 13.2. The first kappa shape index (κ1) is 30.2. The molecule has 9 nitrogen and oxygen atoms in total. The second kappa shape index (κ2) is 12.7.